The van der Waals surface area contributed by atoms with Gasteiger partial charge in [0.25, 0.3) is 5.78 Å². The van der Waals surface area contributed by atoms with E-state index in [1.807, 2.05) is 31.2 Å². The molecule has 0 aliphatic carbocycles. The molecule has 0 atom stereocenters. The van der Waals surface area contributed by atoms with E-state index in [2.05, 4.69) is 50.5 Å². The van der Waals surface area contributed by atoms with E-state index in [-0.39, 0.29) is 0 Å². The molecule has 2 N–H and O–H groups in total. The number of halogens is 2. The second kappa shape index (κ2) is 10.5. The molecule has 10 heteroatoms. The molecule has 0 unspecified atom stereocenters. The number of nitrogens with one attached hydrogen (secondary N) is 2. The van der Waals surface area contributed by atoms with E-state index in [1.165, 1.54) is 0 Å². The van der Waals surface area contributed by atoms with Gasteiger partial charge in [-0.05, 0) is 56.4 Å². The fraction of sp³-hybridized carbons (Fsp3) is 0.292. The second-order valence-corrected chi connectivity index (χ2v) is 8.61. The van der Waals surface area contributed by atoms with Crippen molar-refractivity contribution in [2.45, 2.75) is 27.3 Å². The Labute approximate surface area is 208 Å². The predicted molar refractivity (Wildman–Crippen MR) is 138 cm³/mol. The van der Waals surface area contributed by atoms with Crippen LogP contribution in [0.15, 0.2) is 42.5 Å². The van der Waals surface area contributed by atoms with Crippen LogP contribution in [0.2, 0.25) is 10.0 Å². The molecule has 8 nitrogen and oxygen atoms in total. The van der Waals surface area contributed by atoms with Crippen LogP contribution in [0.3, 0.4) is 0 Å². The molecule has 0 spiro atoms. The van der Waals surface area contributed by atoms with E-state index in [4.69, 9.17) is 27.9 Å². The number of aryl methyl sites for hydroxylation is 1. The Balaban J connectivity index is 1.64. The summed E-state index contributed by atoms with van der Waals surface area (Å²) in [5.41, 5.74) is 3.58. The molecule has 0 saturated carbocycles. The van der Waals surface area contributed by atoms with Crippen molar-refractivity contribution in [2.75, 3.05) is 30.8 Å². The van der Waals surface area contributed by atoms with E-state index >= 15 is 0 Å². The van der Waals surface area contributed by atoms with Crippen LogP contribution in [-0.2, 0) is 6.54 Å². The van der Waals surface area contributed by atoms with Gasteiger partial charge in [0, 0.05) is 35.2 Å². The van der Waals surface area contributed by atoms with Crippen molar-refractivity contribution < 1.29 is 4.74 Å². The zero-order valence-corrected chi connectivity index (χ0v) is 21.1. The topological polar surface area (TPSA) is 79.6 Å². The summed E-state index contributed by atoms with van der Waals surface area (Å²) in [5, 5.41) is 12.1. The molecule has 4 rings (SSSR count). The van der Waals surface area contributed by atoms with Gasteiger partial charge < -0.3 is 15.4 Å². The normalized spacial score (nSPS) is 11.3. The lowest BCUT2D eigenvalue weighted by molar-refractivity contribution is 0.289. The van der Waals surface area contributed by atoms with E-state index in [1.54, 1.807) is 23.8 Å². The van der Waals surface area contributed by atoms with Crippen LogP contribution in [0.25, 0.3) is 5.78 Å². The molecule has 0 saturated heterocycles. The van der Waals surface area contributed by atoms with Gasteiger partial charge in [0.05, 0.1) is 17.2 Å². The van der Waals surface area contributed by atoms with Crippen LogP contribution in [0.4, 0.5) is 23.1 Å². The molecule has 0 radical (unpaired) electrons. The molecule has 0 amide bonds. The van der Waals surface area contributed by atoms with Crippen molar-refractivity contribution in [3.05, 3.63) is 63.8 Å². The summed E-state index contributed by atoms with van der Waals surface area (Å²) in [6.45, 7) is 8.97. The van der Waals surface area contributed by atoms with Crippen LogP contribution in [0.1, 0.15) is 25.1 Å². The number of hydrogen-bond acceptors (Lipinski definition) is 7. The molecule has 0 bridgehead atoms. The first kappa shape index (κ1) is 24.1. The fourth-order valence-electron chi connectivity index (χ4n) is 3.65. The lowest BCUT2D eigenvalue weighted by Crippen LogP contribution is -2.22. The third-order valence-electron chi connectivity index (χ3n) is 5.46. The average molecular weight is 500 g/mol. The van der Waals surface area contributed by atoms with E-state index in [0.29, 0.717) is 21.8 Å². The van der Waals surface area contributed by atoms with Gasteiger partial charge in [0.2, 0.25) is 5.95 Å². The summed E-state index contributed by atoms with van der Waals surface area (Å²) >= 11 is 12.1. The molecule has 0 aliphatic heterocycles. The van der Waals surface area contributed by atoms with Gasteiger partial charge >= 0.3 is 0 Å². The van der Waals surface area contributed by atoms with Gasteiger partial charge in [-0.2, -0.15) is 9.50 Å². The monoisotopic (exact) mass is 499 g/mol. The minimum Gasteiger partial charge on any atom is -0.496 e. The third kappa shape index (κ3) is 5.35. The maximum absolute atomic E-state index is 6.13. The molecule has 2 aromatic carbocycles. The first-order chi connectivity index (χ1) is 16.4. The van der Waals surface area contributed by atoms with Crippen molar-refractivity contribution in [1.82, 2.24) is 24.5 Å². The largest absolute Gasteiger partial charge is 0.496 e. The fourth-order valence-corrected chi connectivity index (χ4v) is 3.95. The molecule has 4 aromatic rings. The van der Waals surface area contributed by atoms with Crippen molar-refractivity contribution in [3.8, 4) is 5.75 Å². The van der Waals surface area contributed by atoms with E-state index < -0.39 is 0 Å². The van der Waals surface area contributed by atoms with Gasteiger partial charge in [-0.1, -0.05) is 37.0 Å². The van der Waals surface area contributed by atoms with Gasteiger partial charge in [-0.15, -0.1) is 5.10 Å². The van der Waals surface area contributed by atoms with Gasteiger partial charge in [-0.25, -0.2) is 4.98 Å². The van der Waals surface area contributed by atoms with Crippen LogP contribution in [-0.4, -0.2) is 44.7 Å². The van der Waals surface area contributed by atoms with Crippen LogP contribution in [0, 0.1) is 6.92 Å². The molecule has 0 fully saturated rings. The number of fused-ring (bicyclic) bond motifs is 1. The number of methoxy groups -OCH3 is 1. The zero-order chi connectivity index (χ0) is 24.2. The molecule has 2 heterocycles. The Morgan fingerprint density at radius 2 is 1.68 bits per heavy atom. The second-order valence-electron chi connectivity index (χ2n) is 7.80. The quantitative estimate of drug-likeness (QED) is 0.289. The lowest BCUT2D eigenvalue weighted by Gasteiger charge is -2.20. The summed E-state index contributed by atoms with van der Waals surface area (Å²) in [5.74, 6) is 2.48. The van der Waals surface area contributed by atoms with Crippen molar-refractivity contribution in [3.63, 3.8) is 0 Å². The van der Waals surface area contributed by atoms with Crippen LogP contribution >= 0.6 is 23.2 Å². The Kier molecular flexibility index (Phi) is 7.41. The number of aromatic nitrogens is 4. The van der Waals surface area contributed by atoms with E-state index in [0.717, 1.165) is 53.8 Å². The minimum atomic E-state index is 0.400. The number of rotatable bonds is 9. The molecule has 0 aliphatic rings. The summed E-state index contributed by atoms with van der Waals surface area (Å²) in [6, 6.07) is 13.2. The Bertz CT molecular complexity index is 1300. The highest BCUT2D eigenvalue weighted by Gasteiger charge is 2.13. The maximum Gasteiger partial charge on any atom is 0.256 e. The van der Waals surface area contributed by atoms with E-state index in [9.17, 15) is 0 Å². The van der Waals surface area contributed by atoms with Crippen LogP contribution in [0.5, 0.6) is 5.75 Å². The van der Waals surface area contributed by atoms with Gasteiger partial charge in [0.15, 0.2) is 0 Å². The van der Waals surface area contributed by atoms with Crippen LogP contribution < -0.4 is 15.4 Å². The molecule has 2 aromatic heterocycles. The number of hydrogen-bond donors (Lipinski definition) is 2. The van der Waals surface area contributed by atoms with Crippen molar-refractivity contribution in [1.29, 1.82) is 0 Å². The smallest absolute Gasteiger partial charge is 0.256 e. The average Bonchev–Trinajstić information content (AvgIpc) is 3.22. The number of benzene rings is 2. The predicted octanol–water partition coefficient (Wildman–Crippen LogP) is 6.08. The highest BCUT2D eigenvalue weighted by molar-refractivity contribution is 6.42. The highest BCUT2D eigenvalue weighted by atomic mass is 35.5. The summed E-state index contributed by atoms with van der Waals surface area (Å²) in [4.78, 5) is 11.4. The maximum atomic E-state index is 6.13. The van der Waals surface area contributed by atoms with Crippen molar-refractivity contribution in [2.24, 2.45) is 0 Å². The zero-order valence-electron chi connectivity index (χ0n) is 19.6. The molecule has 34 heavy (non-hydrogen) atoms. The Morgan fingerprint density at radius 1 is 0.941 bits per heavy atom. The number of anilines is 4. The Morgan fingerprint density at radius 3 is 2.38 bits per heavy atom. The molecular weight excluding hydrogens is 473 g/mol. The SMILES string of the molecule is CCN(CC)Cc1cc(Nc2cc(C)nc3nc(Nc4ccc(Cl)c(Cl)c4)nn23)ccc1OC. The minimum absolute atomic E-state index is 0.400. The number of nitrogens with zero attached hydrogens (tertiary/aromatic N) is 5. The lowest BCUT2D eigenvalue weighted by atomic mass is 10.1. The summed E-state index contributed by atoms with van der Waals surface area (Å²) < 4.78 is 7.26. The summed E-state index contributed by atoms with van der Waals surface area (Å²) in [6.07, 6.45) is 0. The molecular formula is C24H27Cl2N7O. The first-order valence-corrected chi connectivity index (χ1v) is 11.8. The first-order valence-electron chi connectivity index (χ1n) is 11.0. The van der Waals surface area contributed by atoms with Crippen molar-refractivity contribution >= 4 is 52.1 Å². The van der Waals surface area contributed by atoms with Gasteiger partial charge in [-0.3, -0.25) is 4.90 Å². The van der Waals surface area contributed by atoms with Gasteiger partial charge in [0.1, 0.15) is 11.6 Å². The Hall–Kier alpha value is -3.07. The standard InChI is InChI=1S/C24H27Cl2N7O/c1-5-32(6-2)14-16-12-17(8-10-21(16)34-4)28-22-11-15(3)27-24-30-23(31-33(22)24)29-18-7-9-19(25)20(26)13-18/h7-13,28H,5-6,14H2,1-4H3,(H,29,31). The summed E-state index contributed by atoms with van der Waals surface area (Å²) in [7, 11) is 1.70. The molecule has 178 valence electrons. The number of ether oxygens (including phenoxy) is 1. The third-order valence-corrected chi connectivity index (χ3v) is 6.20. The highest BCUT2D eigenvalue weighted by Crippen LogP contribution is 2.28.